The minimum Gasteiger partial charge on any atom is -0.468 e. The highest BCUT2D eigenvalue weighted by Gasteiger charge is 2.23. The molecule has 0 aromatic carbocycles. The van der Waals surface area contributed by atoms with Gasteiger partial charge in [0.2, 0.25) is 0 Å². The van der Waals surface area contributed by atoms with Crippen LogP contribution in [0.4, 0.5) is 0 Å². The third kappa shape index (κ3) is 3.40. The lowest BCUT2D eigenvalue weighted by Gasteiger charge is -2.06. The van der Waals surface area contributed by atoms with Crippen LogP contribution in [0.3, 0.4) is 0 Å². The Bertz CT molecular complexity index is 511. The van der Waals surface area contributed by atoms with E-state index in [-0.39, 0.29) is 6.54 Å². The number of nitrogens with zero attached hydrogens (tertiary/aromatic N) is 3. The Morgan fingerprint density at radius 1 is 1.47 bits per heavy atom. The van der Waals surface area contributed by atoms with Gasteiger partial charge in [-0.15, -0.1) is 10.2 Å². The molecule has 17 heavy (non-hydrogen) atoms. The maximum Gasteiger partial charge on any atom is 0.325 e. The van der Waals surface area contributed by atoms with Gasteiger partial charge in [-0.1, -0.05) is 6.92 Å². The number of methoxy groups -OCH3 is 1. The molecule has 0 N–H and O–H groups in total. The van der Waals surface area contributed by atoms with Crippen molar-refractivity contribution in [1.29, 1.82) is 0 Å². The van der Waals surface area contributed by atoms with Gasteiger partial charge in [0.25, 0.3) is 14.2 Å². The monoisotopic (exact) mass is 281 g/mol. The van der Waals surface area contributed by atoms with Crippen LogP contribution in [0.5, 0.6) is 0 Å². The number of ether oxygens (including phenoxy) is 1. The van der Waals surface area contributed by atoms with Crippen LogP contribution in [0, 0.1) is 0 Å². The predicted molar refractivity (Wildman–Crippen MR) is 59.1 cm³/mol. The van der Waals surface area contributed by atoms with Crippen molar-refractivity contribution in [2.24, 2.45) is 0 Å². The number of hydrogen-bond acceptors (Lipinski definition) is 6. The van der Waals surface area contributed by atoms with Crippen LogP contribution < -0.4 is 0 Å². The summed E-state index contributed by atoms with van der Waals surface area (Å²) in [5.74, 6) is -0.208. The second-order valence-electron chi connectivity index (χ2n) is 3.25. The number of aryl methyl sites for hydroxylation is 1. The first-order valence-electron chi connectivity index (χ1n) is 4.83. The fourth-order valence-electron chi connectivity index (χ4n) is 1.26. The summed E-state index contributed by atoms with van der Waals surface area (Å²) in [6.45, 7) is 1.62. The molecule has 1 aromatic rings. The molecule has 96 valence electrons. The first-order valence-corrected chi connectivity index (χ1v) is 7.14. The molecule has 0 bridgehead atoms. The van der Waals surface area contributed by atoms with Gasteiger partial charge in [0.1, 0.15) is 12.4 Å². The van der Waals surface area contributed by atoms with Gasteiger partial charge in [-0.3, -0.25) is 9.36 Å². The minimum atomic E-state index is -4.03. The Morgan fingerprint density at radius 2 is 2.12 bits per heavy atom. The average Bonchev–Trinajstić information content (AvgIpc) is 2.61. The van der Waals surface area contributed by atoms with Crippen molar-refractivity contribution in [1.82, 2.24) is 14.8 Å². The van der Waals surface area contributed by atoms with Gasteiger partial charge < -0.3 is 4.74 Å². The summed E-state index contributed by atoms with van der Waals surface area (Å²) in [5, 5.41) is 6.74. The molecule has 0 spiro atoms. The van der Waals surface area contributed by atoms with E-state index in [4.69, 9.17) is 10.7 Å². The summed E-state index contributed by atoms with van der Waals surface area (Å²) in [4.78, 5) is 11.2. The SMILES string of the molecule is CCCc1nnc(S(=O)(=O)Cl)n1CC(=O)OC. The van der Waals surface area contributed by atoms with E-state index in [0.717, 1.165) is 11.0 Å². The lowest BCUT2D eigenvalue weighted by Crippen LogP contribution is -2.17. The molecule has 1 heterocycles. The standard InChI is InChI=1S/C8H12ClN3O4S/c1-3-4-6-10-11-8(17(9,14)15)12(6)5-7(13)16-2/h3-5H2,1-2H3. The van der Waals surface area contributed by atoms with Gasteiger partial charge in [-0.25, -0.2) is 8.42 Å². The topological polar surface area (TPSA) is 91.1 Å². The molecular weight excluding hydrogens is 270 g/mol. The van der Waals surface area contributed by atoms with Crippen molar-refractivity contribution in [2.45, 2.75) is 31.5 Å². The molecule has 0 fully saturated rings. The second kappa shape index (κ2) is 5.46. The summed E-state index contributed by atoms with van der Waals surface area (Å²) >= 11 is 0. The number of rotatable bonds is 5. The van der Waals surface area contributed by atoms with Crippen molar-refractivity contribution < 1.29 is 17.9 Å². The fraction of sp³-hybridized carbons (Fsp3) is 0.625. The van der Waals surface area contributed by atoms with Gasteiger partial charge in [0.15, 0.2) is 0 Å². The molecule has 0 aliphatic carbocycles. The number of aromatic nitrogens is 3. The molecule has 0 saturated carbocycles. The van der Waals surface area contributed by atoms with Crippen LogP contribution in [-0.2, 0) is 31.5 Å². The maximum absolute atomic E-state index is 11.2. The molecule has 0 amide bonds. The smallest absolute Gasteiger partial charge is 0.325 e. The van der Waals surface area contributed by atoms with Crippen LogP contribution in [0.25, 0.3) is 0 Å². The Labute approximate surface area is 103 Å². The van der Waals surface area contributed by atoms with E-state index in [0.29, 0.717) is 12.2 Å². The Morgan fingerprint density at radius 3 is 2.59 bits per heavy atom. The third-order valence-electron chi connectivity index (χ3n) is 2.00. The number of halogens is 1. The third-order valence-corrected chi connectivity index (χ3v) is 3.15. The first kappa shape index (κ1) is 13.9. The Balaban J connectivity index is 3.19. The summed E-state index contributed by atoms with van der Waals surface area (Å²) in [5.41, 5.74) is 0. The molecule has 0 aliphatic rings. The van der Waals surface area contributed by atoms with Gasteiger partial charge in [0.05, 0.1) is 7.11 Å². The highest BCUT2D eigenvalue weighted by molar-refractivity contribution is 8.13. The molecule has 1 rings (SSSR count). The van der Waals surface area contributed by atoms with E-state index in [9.17, 15) is 13.2 Å². The van der Waals surface area contributed by atoms with Crippen LogP contribution >= 0.6 is 10.7 Å². The summed E-state index contributed by atoms with van der Waals surface area (Å²) in [6.07, 6.45) is 1.23. The van der Waals surface area contributed by atoms with Crippen LogP contribution in [0.15, 0.2) is 5.16 Å². The maximum atomic E-state index is 11.2. The van der Waals surface area contributed by atoms with Crippen molar-refractivity contribution in [3.8, 4) is 0 Å². The normalized spacial score (nSPS) is 11.5. The first-order chi connectivity index (χ1) is 7.90. The zero-order valence-corrected chi connectivity index (χ0v) is 11.0. The molecule has 9 heteroatoms. The molecule has 0 atom stereocenters. The van der Waals surface area contributed by atoms with E-state index in [1.807, 2.05) is 6.92 Å². The van der Waals surface area contributed by atoms with Gasteiger partial charge in [-0.05, 0) is 6.42 Å². The number of hydrogen-bond donors (Lipinski definition) is 0. The minimum absolute atomic E-state index is 0.278. The summed E-state index contributed by atoms with van der Waals surface area (Å²) < 4.78 is 28.1. The predicted octanol–water partition coefficient (Wildman–Crippen LogP) is 0.331. The Kier molecular flexibility index (Phi) is 4.47. The van der Waals surface area contributed by atoms with Crippen LogP contribution in [-0.4, -0.2) is 36.3 Å². The number of esters is 1. The number of carbonyl (C=O) groups is 1. The van der Waals surface area contributed by atoms with Gasteiger partial charge in [-0.2, -0.15) is 0 Å². The van der Waals surface area contributed by atoms with Crippen molar-refractivity contribution in [2.75, 3.05) is 7.11 Å². The quantitative estimate of drug-likeness (QED) is 0.571. The lowest BCUT2D eigenvalue weighted by atomic mass is 10.3. The largest absolute Gasteiger partial charge is 0.468 e. The second-order valence-corrected chi connectivity index (χ2v) is 5.71. The zero-order valence-electron chi connectivity index (χ0n) is 9.38. The van der Waals surface area contributed by atoms with Crippen molar-refractivity contribution >= 4 is 25.7 Å². The Hall–Kier alpha value is -1.15. The van der Waals surface area contributed by atoms with E-state index in [1.165, 1.54) is 7.11 Å². The van der Waals surface area contributed by atoms with Crippen molar-refractivity contribution in [3.05, 3.63) is 5.82 Å². The van der Waals surface area contributed by atoms with E-state index in [2.05, 4.69) is 14.9 Å². The van der Waals surface area contributed by atoms with Crippen LogP contribution in [0.1, 0.15) is 19.2 Å². The van der Waals surface area contributed by atoms with E-state index < -0.39 is 20.2 Å². The number of carbonyl (C=O) groups excluding carboxylic acids is 1. The van der Waals surface area contributed by atoms with Crippen LogP contribution in [0.2, 0.25) is 0 Å². The molecule has 0 saturated heterocycles. The lowest BCUT2D eigenvalue weighted by molar-refractivity contribution is -0.141. The average molecular weight is 282 g/mol. The molecule has 7 nitrogen and oxygen atoms in total. The molecular formula is C8H12ClN3O4S. The molecule has 0 aliphatic heterocycles. The summed E-state index contributed by atoms with van der Waals surface area (Å²) in [7, 11) is 2.38. The highest BCUT2D eigenvalue weighted by Crippen LogP contribution is 2.15. The van der Waals surface area contributed by atoms with Crippen molar-refractivity contribution in [3.63, 3.8) is 0 Å². The van der Waals surface area contributed by atoms with Gasteiger partial charge >= 0.3 is 5.97 Å². The molecule has 0 radical (unpaired) electrons. The highest BCUT2D eigenvalue weighted by atomic mass is 35.7. The molecule has 1 aromatic heterocycles. The fourth-order valence-corrected chi connectivity index (χ4v) is 2.17. The molecule has 0 unspecified atom stereocenters. The summed E-state index contributed by atoms with van der Waals surface area (Å²) in [6, 6.07) is 0. The zero-order chi connectivity index (χ0) is 13.1. The van der Waals surface area contributed by atoms with Gasteiger partial charge in [0, 0.05) is 17.1 Å². The van der Waals surface area contributed by atoms with E-state index in [1.54, 1.807) is 0 Å². The van der Waals surface area contributed by atoms with E-state index >= 15 is 0 Å².